The summed E-state index contributed by atoms with van der Waals surface area (Å²) in [4.78, 5) is 5.08. The molecule has 2 atom stereocenters. The van der Waals surface area contributed by atoms with E-state index in [1.54, 1.807) is 6.07 Å². The maximum Gasteiger partial charge on any atom is 0.124 e. The first-order chi connectivity index (χ1) is 11.3. The minimum absolute atomic E-state index is 0.253. The van der Waals surface area contributed by atoms with E-state index in [2.05, 4.69) is 17.4 Å². The van der Waals surface area contributed by atoms with Crippen molar-refractivity contribution in [1.82, 2.24) is 5.32 Å². The molecule has 1 saturated carbocycles. The summed E-state index contributed by atoms with van der Waals surface area (Å²) in [5.41, 5.74) is 2.74. The lowest BCUT2D eigenvalue weighted by molar-refractivity contribution is 0.346. The van der Waals surface area contributed by atoms with Gasteiger partial charge in [-0.2, -0.15) is 0 Å². The number of rotatable bonds is 4. The van der Waals surface area contributed by atoms with Gasteiger partial charge in [-0.3, -0.25) is 4.99 Å². The molecule has 0 aromatic heterocycles. The number of benzene rings is 2. The second-order valence-corrected chi connectivity index (χ2v) is 6.11. The molecule has 1 aliphatic rings. The Morgan fingerprint density at radius 1 is 1.00 bits per heavy atom. The van der Waals surface area contributed by atoms with Crippen LogP contribution in [-0.4, -0.2) is 29.9 Å². The van der Waals surface area contributed by atoms with Crippen molar-refractivity contribution < 1.29 is 5.11 Å². The lowest BCUT2D eigenvalue weighted by atomic mass is 9.90. The van der Waals surface area contributed by atoms with E-state index in [1.165, 1.54) is 12.8 Å². The third-order valence-electron chi connectivity index (χ3n) is 4.60. The molecule has 2 aromatic carbocycles. The summed E-state index contributed by atoms with van der Waals surface area (Å²) in [5.74, 6) is 0.284. The first-order valence-corrected chi connectivity index (χ1v) is 8.38. The topological polar surface area (TPSA) is 44.6 Å². The second-order valence-electron chi connectivity index (χ2n) is 6.11. The molecule has 1 fully saturated rings. The highest BCUT2D eigenvalue weighted by Crippen LogP contribution is 2.26. The van der Waals surface area contributed by atoms with Gasteiger partial charge in [0.2, 0.25) is 0 Å². The summed E-state index contributed by atoms with van der Waals surface area (Å²) in [6.45, 7) is 0. The van der Waals surface area contributed by atoms with Crippen molar-refractivity contribution >= 4 is 5.71 Å². The van der Waals surface area contributed by atoms with E-state index in [9.17, 15) is 5.11 Å². The zero-order valence-electron chi connectivity index (χ0n) is 13.6. The molecule has 0 saturated heterocycles. The second kappa shape index (κ2) is 7.42. The van der Waals surface area contributed by atoms with Gasteiger partial charge in [0.25, 0.3) is 0 Å². The smallest absolute Gasteiger partial charge is 0.124 e. The monoisotopic (exact) mass is 308 g/mol. The Morgan fingerprint density at radius 2 is 1.70 bits per heavy atom. The number of nitrogens with one attached hydrogen (secondary N) is 1. The van der Waals surface area contributed by atoms with Crippen LogP contribution in [0, 0.1) is 0 Å². The molecule has 3 rings (SSSR count). The minimum atomic E-state index is 0.253. The van der Waals surface area contributed by atoms with Gasteiger partial charge in [-0.15, -0.1) is 0 Å². The fourth-order valence-electron chi connectivity index (χ4n) is 3.34. The van der Waals surface area contributed by atoms with Crippen molar-refractivity contribution in [3.63, 3.8) is 0 Å². The Balaban J connectivity index is 2.05. The number of hydrogen-bond acceptors (Lipinski definition) is 3. The Morgan fingerprint density at radius 3 is 2.43 bits per heavy atom. The molecule has 0 spiro atoms. The average Bonchev–Trinajstić information content (AvgIpc) is 2.61. The third-order valence-corrected chi connectivity index (χ3v) is 4.60. The molecular formula is C20H24N2O. The van der Waals surface area contributed by atoms with Crippen LogP contribution in [0.25, 0.3) is 0 Å². The summed E-state index contributed by atoms with van der Waals surface area (Å²) in [6.07, 6.45) is 4.73. The van der Waals surface area contributed by atoms with Gasteiger partial charge < -0.3 is 10.4 Å². The van der Waals surface area contributed by atoms with E-state index in [0.29, 0.717) is 6.04 Å². The number of phenols is 1. The molecule has 0 aliphatic heterocycles. The number of hydrogen-bond donors (Lipinski definition) is 2. The number of nitrogens with zero attached hydrogens (tertiary/aromatic N) is 1. The van der Waals surface area contributed by atoms with Crippen molar-refractivity contribution in [2.75, 3.05) is 7.05 Å². The largest absolute Gasteiger partial charge is 0.507 e. The minimum Gasteiger partial charge on any atom is -0.507 e. The predicted octanol–water partition coefficient (Wildman–Crippen LogP) is 3.76. The zero-order chi connectivity index (χ0) is 16.1. The van der Waals surface area contributed by atoms with Gasteiger partial charge in [0.1, 0.15) is 5.75 Å². The maximum absolute atomic E-state index is 10.3. The fourth-order valence-corrected chi connectivity index (χ4v) is 3.34. The highest BCUT2D eigenvalue weighted by Gasteiger charge is 2.24. The van der Waals surface area contributed by atoms with Crippen LogP contribution < -0.4 is 5.32 Å². The lowest BCUT2D eigenvalue weighted by Crippen LogP contribution is -2.39. The van der Waals surface area contributed by atoms with Crippen LogP contribution in [0.1, 0.15) is 36.8 Å². The van der Waals surface area contributed by atoms with E-state index in [-0.39, 0.29) is 11.8 Å². The van der Waals surface area contributed by atoms with Crippen molar-refractivity contribution in [3.8, 4) is 5.75 Å². The fraction of sp³-hybridized carbons (Fsp3) is 0.350. The van der Waals surface area contributed by atoms with Crippen molar-refractivity contribution in [2.24, 2.45) is 4.99 Å². The van der Waals surface area contributed by atoms with E-state index < -0.39 is 0 Å². The van der Waals surface area contributed by atoms with E-state index in [0.717, 1.165) is 29.7 Å². The summed E-state index contributed by atoms with van der Waals surface area (Å²) in [7, 11) is 2.01. The lowest BCUT2D eigenvalue weighted by Gasteiger charge is -2.29. The van der Waals surface area contributed by atoms with Crippen LogP contribution >= 0.6 is 0 Å². The Labute approximate surface area is 138 Å². The molecule has 0 heterocycles. The standard InChI is InChI=1S/C20H24N2O/c1-21-17-12-6-7-13-18(17)22-20(15-9-3-2-4-10-15)16-11-5-8-14-19(16)23/h2-5,8-11,14,17-18,21,23H,6-7,12-13H2,1H3/b22-20+. The number of aromatic hydroxyl groups is 1. The molecular weight excluding hydrogens is 284 g/mol. The van der Waals surface area contributed by atoms with Gasteiger partial charge in [-0.1, -0.05) is 55.3 Å². The first-order valence-electron chi connectivity index (χ1n) is 8.38. The van der Waals surface area contributed by atoms with Crippen LogP contribution in [0.15, 0.2) is 59.6 Å². The van der Waals surface area contributed by atoms with E-state index in [1.807, 2.05) is 43.4 Å². The molecule has 0 amide bonds. The molecule has 3 nitrogen and oxygen atoms in total. The number of para-hydroxylation sites is 1. The molecule has 1 aliphatic carbocycles. The normalized spacial score (nSPS) is 22.0. The van der Waals surface area contributed by atoms with Crippen molar-refractivity contribution in [2.45, 2.75) is 37.8 Å². The summed E-state index contributed by atoms with van der Waals surface area (Å²) in [5, 5.41) is 13.7. The number of likely N-dealkylation sites (N-methyl/N-ethyl adjacent to an activating group) is 1. The van der Waals surface area contributed by atoms with Crippen molar-refractivity contribution in [1.29, 1.82) is 0 Å². The Bertz CT molecular complexity index is 666. The van der Waals surface area contributed by atoms with E-state index >= 15 is 0 Å². The SMILES string of the molecule is CNC1CCCCC1/N=C(\c1ccccc1)c1ccccc1O. The molecule has 0 bridgehead atoms. The first kappa shape index (κ1) is 15.8. The van der Waals surface area contributed by atoms with E-state index in [4.69, 9.17) is 4.99 Å². The molecule has 2 N–H and O–H groups in total. The summed E-state index contributed by atoms with van der Waals surface area (Å²) in [6, 6.07) is 18.3. The van der Waals surface area contributed by atoms with Gasteiger partial charge in [-0.05, 0) is 32.0 Å². The van der Waals surface area contributed by atoms with Crippen LogP contribution in [0.3, 0.4) is 0 Å². The number of phenolic OH excluding ortho intramolecular Hbond substituents is 1. The van der Waals surface area contributed by atoms with Gasteiger partial charge in [-0.25, -0.2) is 0 Å². The van der Waals surface area contributed by atoms with Crippen molar-refractivity contribution in [3.05, 3.63) is 65.7 Å². The Hall–Kier alpha value is -2.13. The van der Waals surface area contributed by atoms with Gasteiger partial charge >= 0.3 is 0 Å². The summed E-state index contributed by atoms with van der Waals surface area (Å²) >= 11 is 0. The van der Waals surface area contributed by atoms with Crippen LogP contribution in [0.2, 0.25) is 0 Å². The average molecular weight is 308 g/mol. The highest BCUT2D eigenvalue weighted by atomic mass is 16.3. The predicted molar refractivity (Wildman–Crippen MR) is 95.3 cm³/mol. The maximum atomic E-state index is 10.3. The molecule has 23 heavy (non-hydrogen) atoms. The quantitative estimate of drug-likeness (QED) is 0.845. The molecule has 3 heteroatoms. The molecule has 120 valence electrons. The molecule has 0 radical (unpaired) electrons. The third kappa shape index (κ3) is 3.62. The van der Waals surface area contributed by atoms with Gasteiger partial charge in [0.15, 0.2) is 0 Å². The molecule has 2 unspecified atom stereocenters. The van der Waals surface area contributed by atoms with Crippen LogP contribution in [-0.2, 0) is 0 Å². The number of aliphatic imine (C=N–C) groups is 1. The van der Waals surface area contributed by atoms with Crippen LogP contribution in [0.5, 0.6) is 5.75 Å². The highest BCUT2D eigenvalue weighted by molar-refractivity contribution is 6.14. The molecule has 2 aromatic rings. The summed E-state index contributed by atoms with van der Waals surface area (Å²) < 4.78 is 0. The Kier molecular flexibility index (Phi) is 5.09. The van der Waals surface area contributed by atoms with Gasteiger partial charge in [0, 0.05) is 17.2 Å². The zero-order valence-corrected chi connectivity index (χ0v) is 13.6. The van der Waals surface area contributed by atoms with Crippen LogP contribution in [0.4, 0.5) is 0 Å². The van der Waals surface area contributed by atoms with Gasteiger partial charge in [0.05, 0.1) is 11.8 Å².